The van der Waals surface area contributed by atoms with Gasteiger partial charge in [0, 0.05) is 4.47 Å². The molecule has 0 saturated carbocycles. The SMILES string of the molecule is Cc1cccc(C(N)c2ccc(Cl)c(Br)c2)c1C. The Balaban J connectivity index is 2.44. The van der Waals surface area contributed by atoms with Crippen molar-refractivity contribution in [1.82, 2.24) is 0 Å². The molecule has 3 heteroatoms. The third-order valence-electron chi connectivity index (χ3n) is 3.28. The Morgan fingerprint density at radius 3 is 2.56 bits per heavy atom. The summed E-state index contributed by atoms with van der Waals surface area (Å²) in [5.74, 6) is 0. The van der Waals surface area contributed by atoms with Crippen LogP contribution in [-0.2, 0) is 0 Å². The van der Waals surface area contributed by atoms with Gasteiger partial charge in [-0.15, -0.1) is 0 Å². The minimum Gasteiger partial charge on any atom is -0.320 e. The van der Waals surface area contributed by atoms with Crippen LogP contribution in [0.25, 0.3) is 0 Å². The van der Waals surface area contributed by atoms with Crippen LogP contribution < -0.4 is 5.73 Å². The van der Waals surface area contributed by atoms with E-state index < -0.39 is 0 Å². The average Bonchev–Trinajstić information content (AvgIpc) is 2.35. The fourth-order valence-electron chi connectivity index (χ4n) is 2.00. The van der Waals surface area contributed by atoms with Gasteiger partial charge in [0.25, 0.3) is 0 Å². The zero-order chi connectivity index (χ0) is 13.3. The van der Waals surface area contributed by atoms with Crippen molar-refractivity contribution < 1.29 is 0 Å². The van der Waals surface area contributed by atoms with E-state index in [9.17, 15) is 0 Å². The first-order valence-corrected chi connectivity index (χ1v) is 6.94. The van der Waals surface area contributed by atoms with Crippen LogP contribution in [0.1, 0.15) is 28.3 Å². The lowest BCUT2D eigenvalue weighted by molar-refractivity contribution is 0.858. The lowest BCUT2D eigenvalue weighted by Gasteiger charge is -2.17. The molecule has 0 aromatic heterocycles. The topological polar surface area (TPSA) is 26.0 Å². The number of rotatable bonds is 2. The molecule has 0 heterocycles. The van der Waals surface area contributed by atoms with Gasteiger partial charge in [-0.05, 0) is 64.2 Å². The maximum Gasteiger partial charge on any atom is 0.0554 e. The maximum atomic E-state index is 6.34. The first-order chi connectivity index (χ1) is 8.50. The molecule has 2 aromatic rings. The fourth-order valence-corrected chi connectivity index (χ4v) is 2.51. The summed E-state index contributed by atoms with van der Waals surface area (Å²) in [6, 6.07) is 11.9. The lowest BCUT2D eigenvalue weighted by atomic mass is 9.93. The van der Waals surface area contributed by atoms with E-state index in [1.54, 1.807) is 0 Å². The minimum absolute atomic E-state index is 0.126. The second-order valence-electron chi connectivity index (χ2n) is 4.44. The molecule has 1 atom stereocenters. The smallest absolute Gasteiger partial charge is 0.0554 e. The van der Waals surface area contributed by atoms with E-state index in [4.69, 9.17) is 17.3 Å². The molecule has 0 spiro atoms. The number of benzene rings is 2. The van der Waals surface area contributed by atoms with Crippen LogP contribution in [0.3, 0.4) is 0 Å². The van der Waals surface area contributed by atoms with E-state index in [2.05, 4.69) is 41.9 Å². The molecule has 2 aromatic carbocycles. The Labute approximate surface area is 121 Å². The quantitative estimate of drug-likeness (QED) is 0.846. The van der Waals surface area contributed by atoms with E-state index in [0.717, 1.165) is 15.6 Å². The van der Waals surface area contributed by atoms with Gasteiger partial charge in [0.2, 0.25) is 0 Å². The molecule has 0 radical (unpaired) electrons. The minimum atomic E-state index is -0.126. The molecule has 0 bridgehead atoms. The van der Waals surface area contributed by atoms with Crippen molar-refractivity contribution in [3.8, 4) is 0 Å². The molecule has 94 valence electrons. The molecule has 18 heavy (non-hydrogen) atoms. The highest BCUT2D eigenvalue weighted by Gasteiger charge is 2.13. The van der Waals surface area contributed by atoms with Gasteiger partial charge in [-0.2, -0.15) is 0 Å². The van der Waals surface area contributed by atoms with Crippen molar-refractivity contribution >= 4 is 27.5 Å². The highest BCUT2D eigenvalue weighted by molar-refractivity contribution is 9.10. The molecule has 0 fully saturated rings. The second kappa shape index (κ2) is 5.43. The Kier molecular flexibility index (Phi) is 4.10. The summed E-state index contributed by atoms with van der Waals surface area (Å²) in [6.45, 7) is 4.21. The first-order valence-electron chi connectivity index (χ1n) is 5.77. The van der Waals surface area contributed by atoms with Crippen molar-refractivity contribution in [2.24, 2.45) is 5.73 Å². The summed E-state index contributed by atoms with van der Waals surface area (Å²) in [4.78, 5) is 0. The Morgan fingerprint density at radius 1 is 1.17 bits per heavy atom. The van der Waals surface area contributed by atoms with Gasteiger partial charge in [-0.3, -0.25) is 0 Å². The highest BCUT2D eigenvalue weighted by atomic mass is 79.9. The Hall–Kier alpha value is -0.830. The predicted octanol–water partition coefficient (Wildman–Crippen LogP) is 4.77. The predicted molar refractivity (Wildman–Crippen MR) is 81.1 cm³/mol. The Bertz CT molecular complexity index is 581. The van der Waals surface area contributed by atoms with Gasteiger partial charge in [0.15, 0.2) is 0 Å². The summed E-state index contributed by atoms with van der Waals surface area (Å²) in [5.41, 5.74) is 11.1. The van der Waals surface area contributed by atoms with Gasteiger partial charge in [0.1, 0.15) is 0 Å². The van der Waals surface area contributed by atoms with Gasteiger partial charge < -0.3 is 5.73 Å². The van der Waals surface area contributed by atoms with E-state index in [-0.39, 0.29) is 6.04 Å². The van der Waals surface area contributed by atoms with Crippen LogP contribution in [0, 0.1) is 13.8 Å². The molecule has 0 saturated heterocycles. The molecule has 0 aliphatic rings. The zero-order valence-electron chi connectivity index (χ0n) is 10.4. The number of halogens is 2. The lowest BCUT2D eigenvalue weighted by Crippen LogP contribution is -2.13. The van der Waals surface area contributed by atoms with Crippen molar-refractivity contribution in [3.63, 3.8) is 0 Å². The molecular formula is C15H15BrClN. The van der Waals surface area contributed by atoms with Crippen molar-refractivity contribution in [1.29, 1.82) is 0 Å². The largest absolute Gasteiger partial charge is 0.320 e. The highest BCUT2D eigenvalue weighted by Crippen LogP contribution is 2.29. The van der Waals surface area contributed by atoms with Crippen LogP contribution in [-0.4, -0.2) is 0 Å². The van der Waals surface area contributed by atoms with Crippen LogP contribution in [0.15, 0.2) is 40.9 Å². The molecule has 0 aliphatic carbocycles. The number of aryl methyl sites for hydroxylation is 1. The average molecular weight is 325 g/mol. The standard InChI is InChI=1S/C15H15BrClN/c1-9-4-3-5-12(10(9)2)15(18)11-6-7-14(17)13(16)8-11/h3-8,15H,18H2,1-2H3. The van der Waals surface area contributed by atoms with Gasteiger partial charge in [-0.25, -0.2) is 0 Å². The summed E-state index contributed by atoms with van der Waals surface area (Å²) >= 11 is 9.43. The fraction of sp³-hybridized carbons (Fsp3) is 0.200. The van der Waals surface area contributed by atoms with Crippen LogP contribution in [0.5, 0.6) is 0 Å². The van der Waals surface area contributed by atoms with Crippen molar-refractivity contribution in [2.75, 3.05) is 0 Å². The summed E-state index contributed by atoms with van der Waals surface area (Å²) in [6.07, 6.45) is 0. The molecule has 2 N–H and O–H groups in total. The maximum absolute atomic E-state index is 6.34. The zero-order valence-corrected chi connectivity index (χ0v) is 12.7. The van der Waals surface area contributed by atoms with E-state index >= 15 is 0 Å². The summed E-state index contributed by atoms with van der Waals surface area (Å²) < 4.78 is 0.877. The second-order valence-corrected chi connectivity index (χ2v) is 5.70. The van der Waals surface area contributed by atoms with Gasteiger partial charge in [0.05, 0.1) is 11.1 Å². The van der Waals surface area contributed by atoms with Crippen LogP contribution >= 0.6 is 27.5 Å². The molecule has 0 amide bonds. The van der Waals surface area contributed by atoms with Crippen LogP contribution in [0.4, 0.5) is 0 Å². The summed E-state index contributed by atoms with van der Waals surface area (Å²) in [5, 5.41) is 0.701. The normalized spacial score (nSPS) is 12.5. The van der Waals surface area contributed by atoms with E-state index in [0.29, 0.717) is 5.02 Å². The Morgan fingerprint density at radius 2 is 1.89 bits per heavy atom. The molecule has 1 nitrogen and oxygen atoms in total. The molecule has 1 unspecified atom stereocenters. The summed E-state index contributed by atoms with van der Waals surface area (Å²) in [7, 11) is 0. The monoisotopic (exact) mass is 323 g/mol. The van der Waals surface area contributed by atoms with Crippen molar-refractivity contribution in [2.45, 2.75) is 19.9 Å². The molecule has 0 aliphatic heterocycles. The number of hydrogen-bond donors (Lipinski definition) is 1. The number of hydrogen-bond acceptors (Lipinski definition) is 1. The molecular weight excluding hydrogens is 310 g/mol. The van der Waals surface area contributed by atoms with Gasteiger partial charge in [-0.1, -0.05) is 35.9 Å². The first kappa shape index (κ1) is 13.6. The van der Waals surface area contributed by atoms with Crippen LogP contribution in [0.2, 0.25) is 5.02 Å². The van der Waals surface area contributed by atoms with E-state index in [1.807, 2.05) is 24.3 Å². The van der Waals surface area contributed by atoms with E-state index in [1.165, 1.54) is 11.1 Å². The third kappa shape index (κ3) is 2.61. The van der Waals surface area contributed by atoms with Gasteiger partial charge >= 0.3 is 0 Å². The molecule has 2 rings (SSSR count). The number of nitrogens with two attached hydrogens (primary N) is 1. The van der Waals surface area contributed by atoms with Crippen molar-refractivity contribution in [3.05, 3.63) is 68.1 Å². The third-order valence-corrected chi connectivity index (χ3v) is 4.50.